The number of amides is 2. The van der Waals surface area contributed by atoms with Gasteiger partial charge in [0.25, 0.3) is 0 Å². The molecule has 1 saturated heterocycles. The van der Waals surface area contributed by atoms with Crippen LogP contribution in [0.4, 0.5) is 5.13 Å². The molecule has 3 aromatic rings. The van der Waals surface area contributed by atoms with Gasteiger partial charge < -0.3 is 10.2 Å². The van der Waals surface area contributed by atoms with Crippen molar-refractivity contribution in [1.82, 2.24) is 24.8 Å². The van der Waals surface area contributed by atoms with Crippen LogP contribution in [0.2, 0.25) is 0 Å². The first-order valence-electron chi connectivity index (χ1n) is 14.2. The van der Waals surface area contributed by atoms with Crippen LogP contribution in [-0.2, 0) is 29.7 Å². The number of benzene rings is 1. The Kier molecular flexibility index (Phi) is 5.97. The quantitative estimate of drug-likeness (QED) is 0.439. The van der Waals surface area contributed by atoms with E-state index in [4.69, 9.17) is 4.98 Å². The summed E-state index contributed by atoms with van der Waals surface area (Å²) in [5.74, 6) is 2.06. The van der Waals surface area contributed by atoms with Gasteiger partial charge in [-0.1, -0.05) is 12.1 Å². The van der Waals surface area contributed by atoms with Crippen LogP contribution in [0.5, 0.6) is 0 Å². The predicted molar refractivity (Wildman–Crippen MR) is 151 cm³/mol. The number of imide groups is 1. The fraction of sp³-hybridized carbons (Fsp3) is 0.586. The number of aryl methyl sites for hydroxylation is 1. The highest BCUT2D eigenvalue weighted by Gasteiger charge is 2.50. The predicted octanol–water partition coefficient (Wildman–Crippen LogP) is 3.47. The molecule has 1 unspecified atom stereocenters. The largest absolute Gasteiger partial charge is 0.347 e. The number of carbonyl (C=O) groups excluding carboxylic acids is 2. The average Bonchev–Trinajstić information content (AvgIpc) is 3.46. The highest BCUT2D eigenvalue weighted by Crippen LogP contribution is 2.55. The van der Waals surface area contributed by atoms with E-state index < -0.39 is 11.9 Å². The Morgan fingerprint density at radius 2 is 1.85 bits per heavy atom. The zero-order chi connectivity index (χ0) is 26.9. The van der Waals surface area contributed by atoms with Crippen LogP contribution in [-0.4, -0.2) is 38.5 Å². The molecule has 9 nitrogen and oxygen atoms in total. The Labute approximate surface area is 231 Å². The number of thiazole rings is 1. The number of nitrogens with zero attached hydrogens (tertiary/aromatic N) is 4. The molecular weight excluding hydrogens is 512 g/mol. The molecule has 39 heavy (non-hydrogen) atoms. The fourth-order valence-electron chi connectivity index (χ4n) is 8.36. The number of hydrogen-bond acceptors (Lipinski definition) is 7. The van der Waals surface area contributed by atoms with Crippen molar-refractivity contribution in [3.8, 4) is 0 Å². The standard InChI is InChI=1S/C29H36N6O3S/c1-33(27-31-21(16-39-27)14-30-29-11-17-8-18(12-29)10-19(9-17)13-29)15-20-4-3-5-22-25(20)34(2)28(38)35(22)23-6-7-24(36)32-26(23)37/h3-5,16-19,23,30H,6-15H2,1-2H3,(H,32,36,37). The minimum Gasteiger partial charge on any atom is -0.347 e. The molecule has 1 aromatic carbocycles. The van der Waals surface area contributed by atoms with Crippen molar-refractivity contribution in [3.05, 3.63) is 45.3 Å². The number of carbonyl (C=O) groups is 2. The lowest BCUT2D eigenvalue weighted by atomic mass is 9.53. The summed E-state index contributed by atoms with van der Waals surface area (Å²) in [7, 11) is 3.78. The first kappa shape index (κ1) is 25.0. The molecule has 8 rings (SSSR count). The maximum Gasteiger partial charge on any atom is 0.329 e. The second kappa shape index (κ2) is 9.30. The van der Waals surface area contributed by atoms with Crippen molar-refractivity contribution in [2.75, 3.05) is 11.9 Å². The zero-order valence-electron chi connectivity index (χ0n) is 22.6. The SMILES string of the molecule is CN(Cc1cccc2c1n(C)c(=O)n2C1CCC(=O)NC1=O)c1nc(CNC23CC4CC(CC(C4)C2)C3)cs1. The van der Waals surface area contributed by atoms with E-state index in [2.05, 4.69) is 20.9 Å². The summed E-state index contributed by atoms with van der Waals surface area (Å²) in [5, 5.41) is 9.44. The monoisotopic (exact) mass is 548 g/mol. The molecule has 2 N–H and O–H groups in total. The van der Waals surface area contributed by atoms with E-state index in [1.807, 2.05) is 25.2 Å². The molecule has 10 heteroatoms. The van der Waals surface area contributed by atoms with Crippen molar-refractivity contribution in [1.29, 1.82) is 0 Å². The van der Waals surface area contributed by atoms with E-state index in [1.54, 1.807) is 23.0 Å². The summed E-state index contributed by atoms with van der Waals surface area (Å²) in [6, 6.07) is 5.14. The van der Waals surface area contributed by atoms with Crippen LogP contribution in [0.15, 0.2) is 28.4 Å². The third-order valence-corrected chi connectivity index (χ3v) is 10.7. The molecule has 2 aromatic heterocycles. The summed E-state index contributed by atoms with van der Waals surface area (Å²) in [5.41, 5.74) is 3.67. The Morgan fingerprint density at radius 3 is 2.54 bits per heavy atom. The molecule has 0 radical (unpaired) electrons. The average molecular weight is 549 g/mol. The number of imidazole rings is 1. The molecular formula is C29H36N6O3S. The summed E-state index contributed by atoms with van der Waals surface area (Å²) in [4.78, 5) is 44.6. The molecule has 4 aliphatic carbocycles. The molecule has 4 bridgehead atoms. The molecule has 2 amide bonds. The maximum absolute atomic E-state index is 13.3. The van der Waals surface area contributed by atoms with Gasteiger partial charge in [0.05, 0.1) is 16.7 Å². The highest BCUT2D eigenvalue weighted by molar-refractivity contribution is 7.13. The minimum absolute atomic E-state index is 0.228. The second-order valence-electron chi connectivity index (χ2n) is 12.5. The molecule has 0 spiro atoms. The smallest absolute Gasteiger partial charge is 0.329 e. The van der Waals surface area contributed by atoms with Gasteiger partial charge in [-0.3, -0.25) is 24.0 Å². The van der Waals surface area contributed by atoms with Crippen LogP contribution in [0.25, 0.3) is 11.0 Å². The van der Waals surface area contributed by atoms with Crippen LogP contribution in [0, 0.1) is 17.8 Å². The molecule has 3 heterocycles. The number of fused-ring (bicyclic) bond motifs is 1. The number of hydrogen-bond donors (Lipinski definition) is 2. The summed E-state index contributed by atoms with van der Waals surface area (Å²) in [6.45, 7) is 1.40. The zero-order valence-corrected chi connectivity index (χ0v) is 23.4. The first-order valence-corrected chi connectivity index (χ1v) is 15.1. The van der Waals surface area contributed by atoms with Gasteiger partial charge >= 0.3 is 5.69 Å². The van der Waals surface area contributed by atoms with Crippen molar-refractivity contribution in [2.45, 2.75) is 76.0 Å². The van der Waals surface area contributed by atoms with Crippen LogP contribution in [0.1, 0.15) is 68.7 Å². The molecule has 5 aliphatic rings. The molecule has 1 aliphatic heterocycles. The Balaban J connectivity index is 1.08. The van der Waals surface area contributed by atoms with E-state index in [1.165, 1.54) is 43.1 Å². The first-order chi connectivity index (χ1) is 18.8. The van der Waals surface area contributed by atoms with Gasteiger partial charge in [0.2, 0.25) is 11.8 Å². The number of piperidine rings is 1. The topological polar surface area (TPSA) is 101 Å². The minimum atomic E-state index is -0.685. The van der Waals surface area contributed by atoms with Crippen LogP contribution in [0.3, 0.4) is 0 Å². The Morgan fingerprint density at radius 1 is 1.13 bits per heavy atom. The van der Waals surface area contributed by atoms with Gasteiger partial charge in [0.15, 0.2) is 5.13 Å². The second-order valence-corrected chi connectivity index (χ2v) is 13.3. The Hall–Kier alpha value is -2.98. The number of nitrogens with one attached hydrogen (secondary N) is 2. The van der Waals surface area contributed by atoms with Crippen molar-refractivity contribution in [2.24, 2.45) is 24.8 Å². The van der Waals surface area contributed by atoms with Crippen LogP contribution >= 0.6 is 11.3 Å². The number of anilines is 1. The normalized spacial score (nSPS) is 29.8. The molecule has 1 atom stereocenters. The molecule has 206 valence electrons. The van der Waals surface area contributed by atoms with Gasteiger partial charge in [-0.15, -0.1) is 11.3 Å². The van der Waals surface area contributed by atoms with Gasteiger partial charge in [-0.25, -0.2) is 9.78 Å². The third-order valence-electron chi connectivity index (χ3n) is 9.66. The van der Waals surface area contributed by atoms with Gasteiger partial charge in [0, 0.05) is 44.5 Å². The van der Waals surface area contributed by atoms with E-state index in [0.29, 0.717) is 24.0 Å². The molecule has 5 fully saturated rings. The van der Waals surface area contributed by atoms with Crippen LogP contribution < -0.4 is 21.2 Å². The van der Waals surface area contributed by atoms with E-state index in [0.717, 1.165) is 46.2 Å². The van der Waals surface area contributed by atoms with Gasteiger partial charge in [-0.05, 0) is 74.3 Å². The van der Waals surface area contributed by atoms with E-state index >= 15 is 0 Å². The maximum atomic E-state index is 13.3. The van der Waals surface area contributed by atoms with Crippen molar-refractivity contribution in [3.63, 3.8) is 0 Å². The Bertz CT molecular complexity index is 1480. The summed E-state index contributed by atoms with van der Waals surface area (Å²) >= 11 is 1.65. The van der Waals surface area contributed by atoms with E-state index in [9.17, 15) is 14.4 Å². The number of para-hydroxylation sites is 1. The van der Waals surface area contributed by atoms with Crippen molar-refractivity contribution >= 4 is 39.3 Å². The van der Waals surface area contributed by atoms with Gasteiger partial charge in [-0.2, -0.15) is 0 Å². The lowest BCUT2D eigenvalue weighted by molar-refractivity contribution is -0.135. The van der Waals surface area contributed by atoms with Gasteiger partial charge in [0.1, 0.15) is 6.04 Å². The fourth-order valence-corrected chi connectivity index (χ4v) is 9.15. The summed E-state index contributed by atoms with van der Waals surface area (Å²) < 4.78 is 3.16. The number of aromatic nitrogens is 3. The lowest BCUT2D eigenvalue weighted by Crippen LogP contribution is -2.58. The highest BCUT2D eigenvalue weighted by atomic mass is 32.1. The summed E-state index contributed by atoms with van der Waals surface area (Å²) in [6.07, 6.45) is 8.88. The van der Waals surface area contributed by atoms with Crippen molar-refractivity contribution < 1.29 is 9.59 Å². The lowest BCUT2D eigenvalue weighted by Gasteiger charge is -2.57. The number of rotatable bonds is 7. The molecule has 4 saturated carbocycles. The van der Waals surface area contributed by atoms with E-state index in [-0.39, 0.29) is 18.0 Å². The third kappa shape index (κ3) is 4.32.